The molecule has 2 aromatic rings. The average Bonchev–Trinajstić information content (AvgIpc) is 2.83. The van der Waals surface area contributed by atoms with E-state index in [0.717, 1.165) is 3.57 Å². The van der Waals surface area contributed by atoms with Crippen molar-refractivity contribution < 1.29 is 48.7 Å². The maximum absolute atomic E-state index is 13.4. The number of carbonyl (C=O) groups is 4. The third kappa shape index (κ3) is 8.48. The third-order valence-corrected chi connectivity index (χ3v) is 6.72. The molecule has 40 heavy (non-hydrogen) atoms. The molecule has 0 saturated carbocycles. The smallest absolute Gasteiger partial charge is 0.350 e. The monoisotopic (exact) mass is 670 g/mol. The van der Waals surface area contributed by atoms with E-state index in [1.165, 1.54) is 20.8 Å². The molecular weight excluding hydrogens is 635 g/mol. The molecule has 2 unspecified atom stereocenters. The van der Waals surface area contributed by atoms with Gasteiger partial charge in [0.1, 0.15) is 6.10 Å². The van der Waals surface area contributed by atoms with Gasteiger partial charge in [-0.15, -0.1) is 0 Å². The lowest BCUT2D eigenvalue weighted by molar-refractivity contribution is -0.210. The number of esters is 1. The summed E-state index contributed by atoms with van der Waals surface area (Å²) < 4.78 is 17.9. The molecule has 2 atom stereocenters. The predicted octanol–water partition coefficient (Wildman–Crippen LogP) is 4.35. The molecule has 0 amide bonds. The number of hydrogen-bond donors (Lipinski definition) is 3. The van der Waals surface area contributed by atoms with Gasteiger partial charge in [0, 0.05) is 22.8 Å². The fraction of sp³-hybridized carbons (Fsp3) is 0.448. The molecule has 2 aromatic carbocycles. The van der Waals surface area contributed by atoms with E-state index in [9.17, 15) is 34.5 Å². The summed E-state index contributed by atoms with van der Waals surface area (Å²) in [5.41, 5.74) is -5.41. The lowest BCUT2D eigenvalue weighted by Gasteiger charge is -2.37. The zero-order chi connectivity index (χ0) is 30.3. The molecule has 0 bridgehead atoms. The van der Waals surface area contributed by atoms with E-state index in [2.05, 4.69) is 22.6 Å². The van der Waals surface area contributed by atoms with Crippen LogP contribution in [-0.4, -0.2) is 68.2 Å². The maximum atomic E-state index is 13.4. The highest BCUT2D eigenvalue weighted by Crippen LogP contribution is 2.31. The first-order valence-corrected chi connectivity index (χ1v) is 13.7. The van der Waals surface area contributed by atoms with Gasteiger partial charge in [-0.25, -0.2) is 19.2 Å². The van der Waals surface area contributed by atoms with Crippen LogP contribution in [-0.2, 0) is 46.2 Å². The zero-order valence-corrected chi connectivity index (χ0v) is 25.2. The molecule has 0 fully saturated rings. The van der Waals surface area contributed by atoms with Gasteiger partial charge in [-0.2, -0.15) is 0 Å². The number of rotatable bonds is 15. The molecule has 0 aliphatic carbocycles. The van der Waals surface area contributed by atoms with Crippen LogP contribution in [0.15, 0.2) is 54.6 Å². The highest BCUT2D eigenvalue weighted by atomic mass is 127. The number of hydrogen-bond acceptors (Lipinski definition) is 7. The minimum atomic E-state index is -2.63. The van der Waals surface area contributed by atoms with Gasteiger partial charge in [-0.1, -0.05) is 42.5 Å². The molecule has 0 spiro atoms. The maximum Gasteiger partial charge on any atom is 0.350 e. The molecule has 218 valence electrons. The van der Waals surface area contributed by atoms with Crippen LogP contribution in [0.3, 0.4) is 0 Å². The Labute approximate surface area is 246 Å². The first kappa shape index (κ1) is 33.2. The summed E-state index contributed by atoms with van der Waals surface area (Å²) in [4.78, 5) is 50.3. The van der Waals surface area contributed by atoms with Crippen LogP contribution >= 0.6 is 22.6 Å². The van der Waals surface area contributed by atoms with Gasteiger partial charge in [0.25, 0.3) is 11.2 Å². The van der Waals surface area contributed by atoms with E-state index in [-0.39, 0.29) is 12.8 Å². The highest BCUT2D eigenvalue weighted by molar-refractivity contribution is 14.1. The second-order valence-corrected chi connectivity index (χ2v) is 11.7. The molecule has 0 aromatic heterocycles. The zero-order valence-electron chi connectivity index (χ0n) is 23.0. The Morgan fingerprint density at radius 2 is 1.25 bits per heavy atom. The number of carboxylic acid groups (broad SMARTS) is 3. The fourth-order valence-corrected chi connectivity index (χ4v) is 4.80. The summed E-state index contributed by atoms with van der Waals surface area (Å²) in [7, 11) is 0. The van der Waals surface area contributed by atoms with Crippen molar-refractivity contribution in [3.05, 3.63) is 69.3 Å². The lowest BCUT2D eigenvalue weighted by Crippen LogP contribution is -2.56. The van der Waals surface area contributed by atoms with Crippen LogP contribution in [0, 0.1) is 3.57 Å². The first-order chi connectivity index (χ1) is 18.5. The molecule has 2 rings (SSSR count). The number of carbonyl (C=O) groups excluding carboxylic acids is 1. The standard InChI is InChI=1S/C29H35IO10/c1-18(2)39-29(25(35)36,17-20-9-7-6-8-10-20)26(37)38-19(3)15-27(4,5)40-28(23(31)32,24(33)34)16-21-11-13-22(30)14-12-21/h6-14,18-19H,15-17H2,1-5H3,(H,31,32)(H,33,34)(H,35,36). The second-order valence-electron chi connectivity index (χ2n) is 10.5. The minimum absolute atomic E-state index is 0.142. The molecule has 0 radical (unpaired) electrons. The second kappa shape index (κ2) is 13.6. The molecule has 0 aliphatic rings. The van der Waals surface area contributed by atoms with Gasteiger partial charge in [-0.05, 0) is 80.5 Å². The summed E-state index contributed by atoms with van der Waals surface area (Å²) in [6, 6.07) is 15.2. The summed E-state index contributed by atoms with van der Waals surface area (Å²) >= 11 is 2.08. The van der Waals surface area contributed by atoms with E-state index in [0.29, 0.717) is 11.1 Å². The Morgan fingerprint density at radius 3 is 1.73 bits per heavy atom. The number of ether oxygens (including phenoxy) is 3. The van der Waals surface area contributed by atoms with Crippen molar-refractivity contribution in [3.63, 3.8) is 0 Å². The average molecular weight is 670 g/mol. The van der Waals surface area contributed by atoms with E-state index in [1.54, 1.807) is 68.4 Å². The number of halogens is 1. The molecular formula is C29H35IO10. The number of aliphatic carboxylic acids is 3. The summed E-state index contributed by atoms with van der Waals surface area (Å²) in [6.45, 7) is 7.63. The summed E-state index contributed by atoms with van der Waals surface area (Å²) in [6.07, 6.45) is -2.50. The van der Waals surface area contributed by atoms with Gasteiger partial charge >= 0.3 is 23.9 Å². The minimum Gasteiger partial charge on any atom is -0.479 e. The SMILES string of the molecule is CC(C)OC(Cc1ccccc1)(C(=O)O)C(=O)OC(C)CC(C)(C)OC(Cc1ccc(I)cc1)(C(=O)O)C(=O)O. The van der Waals surface area contributed by atoms with Crippen molar-refractivity contribution in [3.8, 4) is 0 Å². The molecule has 0 aliphatic heterocycles. The van der Waals surface area contributed by atoms with Crippen LogP contribution in [0.1, 0.15) is 52.2 Å². The van der Waals surface area contributed by atoms with E-state index >= 15 is 0 Å². The van der Waals surface area contributed by atoms with Crippen LogP contribution in [0.5, 0.6) is 0 Å². The van der Waals surface area contributed by atoms with Crippen LogP contribution in [0.4, 0.5) is 0 Å². The Kier molecular flexibility index (Phi) is 11.2. The highest BCUT2D eigenvalue weighted by Gasteiger charge is 2.53. The molecule has 10 nitrogen and oxygen atoms in total. The van der Waals surface area contributed by atoms with Crippen LogP contribution in [0.25, 0.3) is 0 Å². The third-order valence-electron chi connectivity index (χ3n) is 6.00. The molecule has 3 N–H and O–H groups in total. The van der Waals surface area contributed by atoms with Crippen molar-refractivity contribution in [2.45, 2.75) is 82.9 Å². The van der Waals surface area contributed by atoms with Crippen LogP contribution < -0.4 is 0 Å². The summed E-state index contributed by atoms with van der Waals surface area (Å²) in [5, 5.41) is 30.0. The first-order valence-electron chi connectivity index (χ1n) is 12.6. The van der Waals surface area contributed by atoms with E-state index < -0.39 is 59.3 Å². The van der Waals surface area contributed by atoms with Crippen molar-refractivity contribution in [1.82, 2.24) is 0 Å². The van der Waals surface area contributed by atoms with Gasteiger partial charge in [-0.3, -0.25) is 0 Å². The molecule has 0 heterocycles. The Morgan fingerprint density at radius 1 is 0.775 bits per heavy atom. The van der Waals surface area contributed by atoms with Crippen molar-refractivity contribution in [2.24, 2.45) is 0 Å². The largest absolute Gasteiger partial charge is 0.479 e. The Balaban J connectivity index is 2.30. The topological polar surface area (TPSA) is 157 Å². The van der Waals surface area contributed by atoms with Gasteiger partial charge < -0.3 is 29.5 Å². The van der Waals surface area contributed by atoms with Gasteiger partial charge in [0.2, 0.25) is 0 Å². The van der Waals surface area contributed by atoms with Crippen LogP contribution in [0.2, 0.25) is 0 Å². The van der Waals surface area contributed by atoms with Gasteiger partial charge in [0.15, 0.2) is 0 Å². The normalized spacial score (nSPS) is 14.3. The fourth-order valence-electron chi connectivity index (χ4n) is 4.44. The molecule has 0 saturated heterocycles. The predicted molar refractivity (Wildman–Crippen MR) is 153 cm³/mol. The quantitative estimate of drug-likeness (QED) is 0.141. The van der Waals surface area contributed by atoms with E-state index in [4.69, 9.17) is 14.2 Å². The van der Waals surface area contributed by atoms with Crippen molar-refractivity contribution in [2.75, 3.05) is 0 Å². The van der Waals surface area contributed by atoms with Crippen molar-refractivity contribution in [1.29, 1.82) is 0 Å². The Hall–Kier alpha value is -3.03. The summed E-state index contributed by atoms with van der Waals surface area (Å²) in [5.74, 6) is -6.03. The number of carboxylic acids is 3. The molecule has 11 heteroatoms. The number of benzene rings is 2. The van der Waals surface area contributed by atoms with Crippen molar-refractivity contribution >= 4 is 46.5 Å². The van der Waals surface area contributed by atoms with E-state index in [1.807, 2.05) is 0 Å². The van der Waals surface area contributed by atoms with Gasteiger partial charge in [0.05, 0.1) is 11.7 Å². The lowest BCUT2D eigenvalue weighted by atomic mass is 9.91. The Bertz CT molecular complexity index is 1180.